The first-order valence-electron chi connectivity index (χ1n) is 14.3. The Morgan fingerprint density at radius 2 is 1.40 bits per heavy atom. The molecule has 4 amide bonds. The number of unbranched alkanes of at least 4 members (excludes halogenated alkanes) is 7. The Labute approximate surface area is 252 Å². The van der Waals surface area contributed by atoms with E-state index in [1.54, 1.807) is 30.5 Å². The molecule has 0 bridgehead atoms. The molecule has 3 aromatic rings. The molecule has 0 saturated heterocycles. The van der Waals surface area contributed by atoms with Crippen LogP contribution in [-0.4, -0.2) is 43.6 Å². The molecule has 0 unspecified atom stereocenters. The lowest BCUT2D eigenvalue weighted by atomic mass is 10.1. The number of aromatic nitrogens is 1. The fourth-order valence-corrected chi connectivity index (χ4v) is 5.01. The van der Waals surface area contributed by atoms with Gasteiger partial charge in [0.05, 0.1) is 14.2 Å². The summed E-state index contributed by atoms with van der Waals surface area (Å²) < 4.78 is 10.3. The number of carbonyl (C=O) groups excluding carboxylic acids is 3. The normalized spacial score (nSPS) is 10.5. The van der Waals surface area contributed by atoms with Crippen LogP contribution < -0.4 is 25.4 Å². The molecule has 0 aliphatic carbocycles. The van der Waals surface area contributed by atoms with Gasteiger partial charge in [0.1, 0.15) is 17.2 Å². The Hall–Kier alpha value is -4.05. The van der Waals surface area contributed by atoms with Gasteiger partial charge in [-0.15, -0.1) is 0 Å². The molecule has 3 rings (SSSR count). The number of benzene rings is 2. The van der Waals surface area contributed by atoms with Crippen molar-refractivity contribution in [2.75, 3.05) is 26.1 Å². The predicted molar refractivity (Wildman–Crippen MR) is 166 cm³/mol. The van der Waals surface area contributed by atoms with Gasteiger partial charge in [-0.3, -0.25) is 19.9 Å². The fraction of sp³-hybridized carbons (Fsp3) is 0.375. The third-order valence-electron chi connectivity index (χ3n) is 6.47. The number of carbonyl (C=O) groups is 3. The molecule has 0 aliphatic heterocycles. The number of imide groups is 1. The van der Waals surface area contributed by atoms with Gasteiger partial charge in [-0.25, -0.2) is 4.79 Å². The summed E-state index contributed by atoms with van der Waals surface area (Å²) in [5.41, 5.74) is 1.13. The lowest BCUT2D eigenvalue weighted by Gasteiger charge is -2.10. The number of hydrogen-bond donors (Lipinski definition) is 3. The van der Waals surface area contributed by atoms with E-state index in [9.17, 15) is 14.4 Å². The van der Waals surface area contributed by atoms with E-state index in [2.05, 4.69) is 27.9 Å². The first kappa shape index (κ1) is 32.5. The van der Waals surface area contributed by atoms with Crippen molar-refractivity contribution in [3.8, 4) is 11.5 Å². The number of ether oxygens (including phenoxy) is 2. The van der Waals surface area contributed by atoms with E-state index in [0.29, 0.717) is 29.4 Å². The van der Waals surface area contributed by atoms with Crippen molar-refractivity contribution in [1.82, 2.24) is 15.6 Å². The van der Waals surface area contributed by atoms with Gasteiger partial charge >= 0.3 is 6.03 Å². The number of anilines is 1. The van der Waals surface area contributed by atoms with Crippen LogP contribution in [0.3, 0.4) is 0 Å². The number of nitrogens with one attached hydrogen (secondary N) is 3. The van der Waals surface area contributed by atoms with Gasteiger partial charge in [-0.2, -0.15) is 0 Å². The lowest BCUT2D eigenvalue weighted by molar-refractivity contribution is 0.0944. The molecule has 0 saturated carbocycles. The minimum atomic E-state index is -0.668. The van der Waals surface area contributed by atoms with Gasteiger partial charge in [0.2, 0.25) is 0 Å². The van der Waals surface area contributed by atoms with E-state index in [4.69, 9.17) is 9.47 Å². The van der Waals surface area contributed by atoms with Crippen molar-refractivity contribution in [3.63, 3.8) is 0 Å². The summed E-state index contributed by atoms with van der Waals surface area (Å²) in [5.74, 6) is 0.114. The summed E-state index contributed by atoms with van der Waals surface area (Å²) in [7, 11) is 2.96. The molecule has 1 aromatic heterocycles. The molecule has 0 spiro atoms. The second kappa shape index (κ2) is 17.7. The third-order valence-corrected chi connectivity index (χ3v) is 7.47. The van der Waals surface area contributed by atoms with Gasteiger partial charge in [-0.1, -0.05) is 63.6 Å². The van der Waals surface area contributed by atoms with Gasteiger partial charge in [0, 0.05) is 39.8 Å². The van der Waals surface area contributed by atoms with Crippen LogP contribution in [0.25, 0.3) is 0 Å². The molecule has 9 nitrogen and oxygen atoms in total. The minimum absolute atomic E-state index is 0.173. The third kappa shape index (κ3) is 11.1. The van der Waals surface area contributed by atoms with Gasteiger partial charge in [-0.05, 0) is 55.0 Å². The summed E-state index contributed by atoms with van der Waals surface area (Å²) in [6, 6.07) is 14.8. The molecule has 2 aromatic carbocycles. The second-order valence-electron chi connectivity index (χ2n) is 9.74. The van der Waals surface area contributed by atoms with Crippen LogP contribution in [0.4, 0.5) is 10.5 Å². The number of hydrogen-bond acceptors (Lipinski definition) is 7. The van der Waals surface area contributed by atoms with Crippen LogP contribution in [0.1, 0.15) is 79.1 Å². The molecule has 224 valence electrons. The lowest BCUT2D eigenvalue weighted by Crippen LogP contribution is -2.34. The molecule has 0 fully saturated rings. The van der Waals surface area contributed by atoms with Crippen LogP contribution in [0, 0.1) is 0 Å². The summed E-state index contributed by atoms with van der Waals surface area (Å²) in [6.45, 7) is 2.87. The topological polar surface area (TPSA) is 119 Å². The zero-order valence-electron chi connectivity index (χ0n) is 24.5. The maximum atomic E-state index is 12.6. The van der Waals surface area contributed by atoms with E-state index in [1.165, 1.54) is 76.6 Å². The molecule has 0 aliphatic rings. The first-order chi connectivity index (χ1) is 20.4. The average Bonchev–Trinajstić information content (AvgIpc) is 3.00. The molecule has 1 heterocycles. The van der Waals surface area contributed by atoms with E-state index in [0.717, 1.165) is 22.6 Å². The molecular weight excluding hydrogens is 552 g/mol. The van der Waals surface area contributed by atoms with E-state index < -0.39 is 11.9 Å². The van der Waals surface area contributed by atoms with Crippen molar-refractivity contribution in [2.45, 2.75) is 68.1 Å². The highest BCUT2D eigenvalue weighted by Gasteiger charge is 2.14. The maximum absolute atomic E-state index is 12.6. The van der Waals surface area contributed by atoms with E-state index in [1.807, 2.05) is 18.2 Å². The number of pyridine rings is 1. The zero-order chi connectivity index (χ0) is 30.2. The molecule has 3 N–H and O–H groups in total. The maximum Gasteiger partial charge on any atom is 0.326 e. The number of amides is 4. The fourth-order valence-electron chi connectivity index (χ4n) is 4.17. The van der Waals surface area contributed by atoms with Gasteiger partial charge < -0.3 is 20.1 Å². The molecular formula is C32H40N4O5S. The number of urea groups is 1. The van der Waals surface area contributed by atoms with Crippen LogP contribution in [0.2, 0.25) is 0 Å². The molecule has 10 heteroatoms. The average molecular weight is 593 g/mol. The van der Waals surface area contributed by atoms with Gasteiger partial charge in [0.25, 0.3) is 11.8 Å². The zero-order valence-corrected chi connectivity index (χ0v) is 25.4. The SMILES string of the molecule is CCCCCCCCCCNC(=O)c1cc(Sc2ccc(NC(=O)NC(=O)c3cc(OC)cc(OC)c3)cc2)ccn1. The Kier molecular flexibility index (Phi) is 13.7. The van der Waals surface area contributed by atoms with E-state index in [-0.39, 0.29) is 11.5 Å². The number of nitrogens with zero attached hydrogens (tertiary/aromatic N) is 1. The van der Waals surface area contributed by atoms with Crippen molar-refractivity contribution in [3.05, 3.63) is 72.1 Å². The van der Waals surface area contributed by atoms with Crippen LogP contribution >= 0.6 is 11.8 Å². The quantitative estimate of drug-likeness (QED) is 0.152. The Balaban J connectivity index is 1.44. The van der Waals surface area contributed by atoms with Crippen LogP contribution in [-0.2, 0) is 0 Å². The molecule has 0 radical (unpaired) electrons. The van der Waals surface area contributed by atoms with Crippen molar-refractivity contribution in [2.24, 2.45) is 0 Å². The number of methoxy groups -OCH3 is 2. The minimum Gasteiger partial charge on any atom is -0.497 e. The Morgan fingerprint density at radius 1 is 0.762 bits per heavy atom. The highest BCUT2D eigenvalue weighted by molar-refractivity contribution is 7.99. The van der Waals surface area contributed by atoms with E-state index >= 15 is 0 Å². The number of rotatable bonds is 16. The van der Waals surface area contributed by atoms with Crippen molar-refractivity contribution >= 4 is 35.3 Å². The van der Waals surface area contributed by atoms with Crippen molar-refractivity contribution < 1.29 is 23.9 Å². The second-order valence-corrected chi connectivity index (χ2v) is 10.9. The monoisotopic (exact) mass is 592 g/mol. The van der Waals surface area contributed by atoms with Gasteiger partial charge in [0.15, 0.2) is 0 Å². The smallest absolute Gasteiger partial charge is 0.326 e. The van der Waals surface area contributed by atoms with Crippen LogP contribution in [0.5, 0.6) is 11.5 Å². The summed E-state index contributed by atoms with van der Waals surface area (Å²) in [6.07, 6.45) is 11.4. The summed E-state index contributed by atoms with van der Waals surface area (Å²) >= 11 is 1.48. The highest BCUT2D eigenvalue weighted by atomic mass is 32.2. The summed E-state index contributed by atoms with van der Waals surface area (Å²) in [5, 5.41) is 7.92. The molecule has 0 atom stereocenters. The standard InChI is InChI=1S/C32H40N4O5S/c1-4-5-6-7-8-9-10-11-17-34-31(38)29-22-28(16-18-33-29)42-27-14-12-24(13-15-27)35-32(39)36-30(37)23-19-25(40-2)21-26(20-23)41-3/h12-16,18-22H,4-11,17H2,1-3H3,(H,34,38)(H2,35,36,37,39). The predicted octanol–water partition coefficient (Wildman–Crippen LogP) is 7.08. The summed E-state index contributed by atoms with van der Waals surface area (Å²) in [4.78, 5) is 43.5. The molecule has 42 heavy (non-hydrogen) atoms. The Bertz CT molecular complexity index is 1290. The first-order valence-corrected chi connectivity index (χ1v) is 15.1. The Morgan fingerprint density at radius 3 is 2.05 bits per heavy atom. The highest BCUT2D eigenvalue weighted by Crippen LogP contribution is 2.29. The largest absolute Gasteiger partial charge is 0.497 e. The van der Waals surface area contributed by atoms with Crippen LogP contribution in [0.15, 0.2) is 70.6 Å². The van der Waals surface area contributed by atoms with Crippen molar-refractivity contribution in [1.29, 1.82) is 0 Å².